The smallest absolute Gasteiger partial charge is 0.244 e. The van der Waals surface area contributed by atoms with Gasteiger partial charge in [0, 0.05) is 20.1 Å². The van der Waals surface area contributed by atoms with E-state index in [2.05, 4.69) is 10.3 Å². The van der Waals surface area contributed by atoms with Gasteiger partial charge in [-0.25, -0.2) is 4.99 Å². The highest BCUT2D eigenvalue weighted by atomic mass is 16.5. The monoisotopic (exact) mass is 354 g/mol. The molecule has 0 aromatic heterocycles. The van der Waals surface area contributed by atoms with Crippen LogP contribution in [0.5, 0.6) is 5.75 Å². The molecule has 2 aromatic rings. The Hall–Kier alpha value is -3.02. The third-order valence-corrected chi connectivity index (χ3v) is 3.95. The molecule has 2 rings (SSSR count). The normalized spacial score (nSPS) is 11.1. The second kappa shape index (κ2) is 10.1. The number of hydrogen-bond acceptors (Lipinski definition) is 3. The number of benzene rings is 2. The van der Waals surface area contributed by atoms with Gasteiger partial charge in [0.15, 0.2) is 5.96 Å². The minimum absolute atomic E-state index is 0.0324. The molecule has 0 aliphatic rings. The Morgan fingerprint density at radius 3 is 2.46 bits per heavy atom. The number of hydrogen-bond donors (Lipinski definition) is 2. The molecule has 6 heteroatoms. The van der Waals surface area contributed by atoms with Crippen LogP contribution in [0.15, 0.2) is 59.6 Å². The maximum absolute atomic E-state index is 12.1. The molecule has 6 nitrogen and oxygen atoms in total. The highest BCUT2D eigenvalue weighted by Gasteiger charge is 2.08. The predicted octanol–water partition coefficient (Wildman–Crippen LogP) is 1.80. The zero-order valence-corrected chi connectivity index (χ0v) is 15.3. The van der Waals surface area contributed by atoms with Crippen molar-refractivity contribution in [3.05, 3.63) is 65.7 Å². The van der Waals surface area contributed by atoms with E-state index in [1.54, 1.807) is 19.1 Å². The molecule has 3 N–H and O–H groups in total. The molecule has 0 spiro atoms. The van der Waals surface area contributed by atoms with Gasteiger partial charge in [-0.15, -0.1) is 0 Å². The Kier molecular flexibility index (Phi) is 7.49. The molecule has 0 aliphatic carbocycles. The standard InChI is InChI=1S/C20H26N4O2/c1-24(15-17-6-4-3-5-7-17)19(25)14-23-20(21)22-13-12-16-8-10-18(26-2)11-9-16/h3-11H,12-15H2,1-2H3,(H3,21,22,23). The predicted molar refractivity (Wildman–Crippen MR) is 104 cm³/mol. The first-order valence-electron chi connectivity index (χ1n) is 8.53. The number of rotatable bonds is 8. The van der Waals surface area contributed by atoms with Crippen molar-refractivity contribution < 1.29 is 9.53 Å². The topological polar surface area (TPSA) is 80.0 Å². The molecule has 1 amide bonds. The summed E-state index contributed by atoms with van der Waals surface area (Å²) >= 11 is 0. The van der Waals surface area contributed by atoms with Crippen LogP contribution in [-0.4, -0.2) is 44.0 Å². The summed E-state index contributed by atoms with van der Waals surface area (Å²) in [6.45, 7) is 1.24. The second-order valence-electron chi connectivity index (χ2n) is 5.96. The third-order valence-electron chi connectivity index (χ3n) is 3.95. The average Bonchev–Trinajstić information content (AvgIpc) is 2.67. The van der Waals surface area contributed by atoms with Crippen LogP contribution in [0.1, 0.15) is 11.1 Å². The highest BCUT2D eigenvalue weighted by molar-refractivity contribution is 5.83. The molecule has 0 radical (unpaired) electrons. The second-order valence-corrected chi connectivity index (χ2v) is 5.96. The van der Waals surface area contributed by atoms with E-state index in [0.717, 1.165) is 17.7 Å². The zero-order chi connectivity index (χ0) is 18.8. The quantitative estimate of drug-likeness (QED) is 0.560. The van der Waals surface area contributed by atoms with E-state index in [-0.39, 0.29) is 18.4 Å². The van der Waals surface area contributed by atoms with Crippen LogP contribution in [0.3, 0.4) is 0 Å². The van der Waals surface area contributed by atoms with Crippen LogP contribution in [0, 0.1) is 0 Å². The van der Waals surface area contributed by atoms with Gasteiger partial charge in [0.1, 0.15) is 12.3 Å². The summed E-state index contributed by atoms with van der Waals surface area (Å²) in [6.07, 6.45) is 0.808. The number of likely N-dealkylation sites (N-methyl/N-ethyl adjacent to an activating group) is 1. The first-order valence-corrected chi connectivity index (χ1v) is 8.53. The number of aliphatic imine (C=N–C) groups is 1. The van der Waals surface area contributed by atoms with Crippen molar-refractivity contribution >= 4 is 11.9 Å². The number of amides is 1. The van der Waals surface area contributed by atoms with E-state index in [4.69, 9.17) is 10.5 Å². The number of nitrogens with one attached hydrogen (secondary N) is 1. The summed E-state index contributed by atoms with van der Waals surface area (Å²) < 4.78 is 5.13. The molecule has 0 atom stereocenters. The molecular formula is C20H26N4O2. The molecule has 0 saturated carbocycles. The minimum Gasteiger partial charge on any atom is -0.497 e. The number of nitrogens with zero attached hydrogens (tertiary/aromatic N) is 2. The first kappa shape index (κ1) is 19.3. The van der Waals surface area contributed by atoms with Gasteiger partial charge in [-0.3, -0.25) is 4.79 Å². The van der Waals surface area contributed by atoms with Crippen LogP contribution in [0.4, 0.5) is 0 Å². The first-order chi connectivity index (χ1) is 12.6. The van der Waals surface area contributed by atoms with Crippen LogP contribution in [0.25, 0.3) is 0 Å². The SMILES string of the molecule is COc1ccc(CCNC(N)=NCC(=O)N(C)Cc2ccccc2)cc1. The summed E-state index contributed by atoms with van der Waals surface area (Å²) in [7, 11) is 3.41. The Labute approximate surface area is 154 Å². The van der Waals surface area contributed by atoms with Gasteiger partial charge in [0.25, 0.3) is 0 Å². The van der Waals surface area contributed by atoms with Crippen molar-refractivity contribution in [2.75, 3.05) is 27.2 Å². The van der Waals surface area contributed by atoms with Gasteiger partial charge >= 0.3 is 0 Å². The molecule has 26 heavy (non-hydrogen) atoms. The van der Waals surface area contributed by atoms with Crippen LogP contribution >= 0.6 is 0 Å². The fraction of sp³-hybridized carbons (Fsp3) is 0.300. The van der Waals surface area contributed by atoms with Gasteiger partial charge in [-0.05, 0) is 29.7 Å². The lowest BCUT2D eigenvalue weighted by Gasteiger charge is -2.16. The highest BCUT2D eigenvalue weighted by Crippen LogP contribution is 2.11. The van der Waals surface area contributed by atoms with E-state index in [1.165, 1.54) is 5.56 Å². The van der Waals surface area contributed by atoms with Crippen molar-refractivity contribution in [3.8, 4) is 5.75 Å². The van der Waals surface area contributed by atoms with E-state index < -0.39 is 0 Å². The molecule has 0 bridgehead atoms. The molecule has 0 fully saturated rings. The number of nitrogens with two attached hydrogens (primary N) is 1. The Balaban J connectivity index is 1.71. The van der Waals surface area contributed by atoms with Crippen molar-refractivity contribution in [3.63, 3.8) is 0 Å². The van der Waals surface area contributed by atoms with Crippen molar-refractivity contribution in [2.24, 2.45) is 10.7 Å². The summed E-state index contributed by atoms with van der Waals surface area (Å²) in [6, 6.07) is 17.7. The zero-order valence-electron chi connectivity index (χ0n) is 15.3. The third kappa shape index (κ3) is 6.47. The number of carbonyl (C=O) groups excluding carboxylic acids is 1. The lowest BCUT2D eigenvalue weighted by Crippen LogP contribution is -2.35. The van der Waals surface area contributed by atoms with E-state index in [1.807, 2.05) is 54.6 Å². The van der Waals surface area contributed by atoms with E-state index >= 15 is 0 Å². The van der Waals surface area contributed by atoms with Gasteiger partial charge in [0.05, 0.1) is 7.11 Å². The molecule has 0 saturated heterocycles. The molecule has 0 aliphatic heterocycles. The largest absolute Gasteiger partial charge is 0.497 e. The van der Waals surface area contributed by atoms with Gasteiger partial charge < -0.3 is 20.7 Å². The maximum Gasteiger partial charge on any atom is 0.244 e. The number of carbonyl (C=O) groups is 1. The Bertz CT molecular complexity index is 714. The Morgan fingerprint density at radius 2 is 1.81 bits per heavy atom. The van der Waals surface area contributed by atoms with Crippen LogP contribution < -0.4 is 15.8 Å². The molecule has 138 valence electrons. The van der Waals surface area contributed by atoms with E-state index in [9.17, 15) is 4.79 Å². The molecule has 2 aromatic carbocycles. The van der Waals surface area contributed by atoms with Gasteiger partial charge in [-0.2, -0.15) is 0 Å². The lowest BCUT2D eigenvalue weighted by atomic mass is 10.1. The summed E-state index contributed by atoms with van der Waals surface area (Å²) in [5.41, 5.74) is 8.09. The fourth-order valence-corrected chi connectivity index (χ4v) is 2.40. The lowest BCUT2D eigenvalue weighted by molar-refractivity contribution is -0.128. The molecular weight excluding hydrogens is 328 g/mol. The van der Waals surface area contributed by atoms with Crippen molar-refractivity contribution in [2.45, 2.75) is 13.0 Å². The average molecular weight is 354 g/mol. The van der Waals surface area contributed by atoms with Crippen molar-refractivity contribution in [1.29, 1.82) is 0 Å². The Morgan fingerprint density at radius 1 is 1.12 bits per heavy atom. The summed E-state index contributed by atoms with van der Waals surface area (Å²) in [5.74, 6) is 1.04. The molecule has 0 heterocycles. The minimum atomic E-state index is -0.0752. The summed E-state index contributed by atoms with van der Waals surface area (Å²) in [4.78, 5) is 17.9. The molecule has 0 unspecified atom stereocenters. The number of guanidine groups is 1. The van der Waals surface area contributed by atoms with E-state index in [0.29, 0.717) is 13.1 Å². The summed E-state index contributed by atoms with van der Waals surface area (Å²) in [5, 5.41) is 3.03. The van der Waals surface area contributed by atoms with Gasteiger partial charge in [-0.1, -0.05) is 42.5 Å². The fourth-order valence-electron chi connectivity index (χ4n) is 2.40. The van der Waals surface area contributed by atoms with Crippen molar-refractivity contribution in [1.82, 2.24) is 10.2 Å². The maximum atomic E-state index is 12.1. The number of methoxy groups -OCH3 is 1. The van der Waals surface area contributed by atoms with Crippen LogP contribution in [0.2, 0.25) is 0 Å². The van der Waals surface area contributed by atoms with Gasteiger partial charge in [0.2, 0.25) is 5.91 Å². The number of ether oxygens (including phenoxy) is 1. The van der Waals surface area contributed by atoms with Crippen LogP contribution in [-0.2, 0) is 17.8 Å².